The van der Waals surface area contributed by atoms with Crippen LogP contribution >= 0.6 is 0 Å². The predicted octanol–water partition coefficient (Wildman–Crippen LogP) is 5.31. The van der Waals surface area contributed by atoms with Gasteiger partial charge in [0.05, 0.1) is 5.69 Å². The molecule has 3 aromatic carbocycles. The zero-order valence-corrected chi connectivity index (χ0v) is 15.6. The first kappa shape index (κ1) is 18.0. The lowest BCUT2D eigenvalue weighted by molar-refractivity contribution is -0.112. The summed E-state index contributed by atoms with van der Waals surface area (Å²) in [6.45, 7) is 2.84. The van der Waals surface area contributed by atoms with Crippen LogP contribution in [0.5, 0.6) is 5.75 Å². The number of carbonyl (C=O) groups excluding carboxylic acids is 1. The minimum atomic E-state index is -0.288. The largest absolute Gasteiger partial charge is 0.488 e. The number of likely N-dealkylation sites (N-methyl/N-ethyl adjacent to an activating group) is 1. The van der Waals surface area contributed by atoms with E-state index in [-0.39, 0.29) is 18.3 Å². The lowest BCUT2D eigenvalue weighted by atomic mass is 10.0. The molecule has 1 aliphatic heterocycles. The Morgan fingerprint density at radius 3 is 2.61 bits per heavy atom. The van der Waals surface area contributed by atoms with E-state index in [0.29, 0.717) is 17.9 Å². The number of hydrogen-bond donors (Lipinski definition) is 0. The van der Waals surface area contributed by atoms with Crippen LogP contribution in [-0.2, 0) is 11.4 Å². The van der Waals surface area contributed by atoms with Gasteiger partial charge >= 0.3 is 0 Å². The van der Waals surface area contributed by atoms with E-state index in [1.165, 1.54) is 12.1 Å². The van der Waals surface area contributed by atoms with Crippen molar-refractivity contribution in [1.82, 2.24) is 0 Å². The molecule has 1 aliphatic rings. The summed E-state index contributed by atoms with van der Waals surface area (Å²) >= 11 is 0. The van der Waals surface area contributed by atoms with Crippen LogP contribution in [0.25, 0.3) is 11.6 Å². The molecule has 1 heterocycles. The van der Waals surface area contributed by atoms with Gasteiger partial charge in [-0.2, -0.15) is 0 Å². The summed E-state index contributed by atoms with van der Waals surface area (Å²) in [4.78, 5) is 14.7. The van der Waals surface area contributed by atoms with Crippen molar-refractivity contribution in [3.63, 3.8) is 0 Å². The maximum Gasteiger partial charge on any atom is 0.258 e. The monoisotopic (exact) mass is 373 g/mol. The zero-order valence-electron chi connectivity index (χ0n) is 15.6. The first-order valence-corrected chi connectivity index (χ1v) is 9.26. The van der Waals surface area contributed by atoms with Crippen LogP contribution in [0.1, 0.15) is 23.6 Å². The summed E-state index contributed by atoms with van der Waals surface area (Å²) in [6, 6.07) is 21.7. The van der Waals surface area contributed by atoms with Crippen LogP contribution in [0.3, 0.4) is 0 Å². The fourth-order valence-corrected chi connectivity index (χ4v) is 3.43. The third-order valence-corrected chi connectivity index (χ3v) is 4.78. The number of fused-ring (bicyclic) bond motifs is 1. The molecule has 0 fully saturated rings. The number of rotatable bonds is 5. The van der Waals surface area contributed by atoms with E-state index < -0.39 is 0 Å². The molecule has 0 aromatic heterocycles. The minimum absolute atomic E-state index is 0.0105. The van der Waals surface area contributed by atoms with Crippen molar-refractivity contribution >= 4 is 23.2 Å². The molecule has 0 spiro atoms. The van der Waals surface area contributed by atoms with Crippen molar-refractivity contribution < 1.29 is 13.9 Å². The average molecular weight is 373 g/mol. The van der Waals surface area contributed by atoms with Gasteiger partial charge in [-0.25, -0.2) is 4.39 Å². The van der Waals surface area contributed by atoms with E-state index >= 15 is 0 Å². The van der Waals surface area contributed by atoms with Crippen molar-refractivity contribution in [3.05, 3.63) is 95.3 Å². The molecule has 0 saturated carbocycles. The summed E-state index contributed by atoms with van der Waals surface area (Å²) < 4.78 is 19.3. The molecule has 4 heteroatoms. The third kappa shape index (κ3) is 3.41. The number of carbonyl (C=O) groups is 1. The lowest BCUT2D eigenvalue weighted by Gasteiger charge is -2.13. The Hall–Kier alpha value is -3.40. The van der Waals surface area contributed by atoms with Gasteiger partial charge in [0.2, 0.25) is 0 Å². The zero-order chi connectivity index (χ0) is 19.5. The van der Waals surface area contributed by atoms with Gasteiger partial charge in [-0.3, -0.25) is 4.79 Å². The fraction of sp³-hybridized carbons (Fsp3) is 0.125. The lowest BCUT2D eigenvalue weighted by Crippen LogP contribution is -2.25. The number of para-hydroxylation sites is 2. The van der Waals surface area contributed by atoms with Gasteiger partial charge in [0, 0.05) is 23.2 Å². The Morgan fingerprint density at radius 1 is 1.00 bits per heavy atom. The second-order valence-electron chi connectivity index (χ2n) is 6.58. The number of nitrogens with zero attached hydrogens (tertiary/aromatic N) is 1. The van der Waals surface area contributed by atoms with Crippen LogP contribution in [0, 0.1) is 5.82 Å². The highest BCUT2D eigenvalue weighted by Crippen LogP contribution is 2.38. The van der Waals surface area contributed by atoms with Crippen LogP contribution in [0.2, 0.25) is 0 Å². The van der Waals surface area contributed by atoms with E-state index in [1.807, 2.05) is 67.6 Å². The number of anilines is 1. The summed E-state index contributed by atoms with van der Waals surface area (Å²) in [5.74, 6) is 0.354. The summed E-state index contributed by atoms with van der Waals surface area (Å²) in [7, 11) is 0. The van der Waals surface area contributed by atoms with E-state index in [2.05, 4.69) is 0 Å². The van der Waals surface area contributed by atoms with Gasteiger partial charge in [-0.15, -0.1) is 0 Å². The Kier molecular flexibility index (Phi) is 4.94. The molecular formula is C24H20FNO2. The molecular weight excluding hydrogens is 353 g/mol. The summed E-state index contributed by atoms with van der Waals surface area (Å²) in [6.07, 6.45) is 1.87. The number of benzene rings is 3. The average Bonchev–Trinajstić information content (AvgIpc) is 2.98. The Morgan fingerprint density at radius 2 is 1.79 bits per heavy atom. The topological polar surface area (TPSA) is 29.5 Å². The molecule has 0 N–H and O–H groups in total. The third-order valence-electron chi connectivity index (χ3n) is 4.78. The highest BCUT2D eigenvalue weighted by atomic mass is 19.1. The van der Waals surface area contributed by atoms with Gasteiger partial charge in [0.15, 0.2) is 0 Å². The maximum absolute atomic E-state index is 13.4. The molecule has 0 radical (unpaired) electrons. The fourth-order valence-electron chi connectivity index (χ4n) is 3.43. The first-order valence-electron chi connectivity index (χ1n) is 9.26. The van der Waals surface area contributed by atoms with Gasteiger partial charge in [-0.05, 0) is 42.8 Å². The normalized spacial score (nSPS) is 14.4. The Bertz CT molecular complexity index is 1060. The molecule has 1 amide bonds. The number of halogens is 1. The van der Waals surface area contributed by atoms with Gasteiger partial charge in [-0.1, -0.05) is 48.5 Å². The molecule has 3 aromatic rings. The van der Waals surface area contributed by atoms with E-state index in [4.69, 9.17) is 4.74 Å². The van der Waals surface area contributed by atoms with Crippen LogP contribution in [-0.4, -0.2) is 12.5 Å². The van der Waals surface area contributed by atoms with Crippen LogP contribution < -0.4 is 9.64 Å². The van der Waals surface area contributed by atoms with E-state index in [1.54, 1.807) is 11.0 Å². The van der Waals surface area contributed by atoms with Crippen molar-refractivity contribution in [2.45, 2.75) is 13.5 Å². The highest BCUT2D eigenvalue weighted by molar-refractivity contribution is 6.35. The minimum Gasteiger partial charge on any atom is -0.488 e. The van der Waals surface area contributed by atoms with Gasteiger partial charge in [0.1, 0.15) is 18.2 Å². The number of amides is 1. The molecule has 0 saturated heterocycles. The SMILES string of the molecule is CCN1C(=O)/C(=C\c2ccccc2OCc2cccc(F)c2)c2ccccc21. The van der Waals surface area contributed by atoms with Crippen molar-refractivity contribution in [2.24, 2.45) is 0 Å². The quantitative estimate of drug-likeness (QED) is 0.567. The van der Waals surface area contributed by atoms with E-state index in [0.717, 1.165) is 22.4 Å². The summed E-state index contributed by atoms with van der Waals surface area (Å²) in [5, 5.41) is 0. The molecule has 0 bridgehead atoms. The highest BCUT2D eigenvalue weighted by Gasteiger charge is 2.30. The molecule has 0 atom stereocenters. The predicted molar refractivity (Wildman–Crippen MR) is 110 cm³/mol. The number of hydrogen-bond acceptors (Lipinski definition) is 2. The summed E-state index contributed by atoms with van der Waals surface area (Å²) in [5.41, 5.74) is 4.07. The second kappa shape index (κ2) is 7.69. The Labute approximate surface area is 163 Å². The Balaban J connectivity index is 1.66. The second-order valence-corrected chi connectivity index (χ2v) is 6.58. The molecule has 0 aliphatic carbocycles. The van der Waals surface area contributed by atoms with Gasteiger partial charge in [0.25, 0.3) is 5.91 Å². The first-order chi connectivity index (χ1) is 13.7. The van der Waals surface area contributed by atoms with Gasteiger partial charge < -0.3 is 9.64 Å². The van der Waals surface area contributed by atoms with Crippen molar-refractivity contribution in [3.8, 4) is 5.75 Å². The molecule has 28 heavy (non-hydrogen) atoms. The molecule has 4 rings (SSSR count). The van der Waals surface area contributed by atoms with E-state index in [9.17, 15) is 9.18 Å². The van der Waals surface area contributed by atoms with Crippen LogP contribution in [0.15, 0.2) is 72.8 Å². The smallest absolute Gasteiger partial charge is 0.258 e. The molecule has 3 nitrogen and oxygen atoms in total. The van der Waals surface area contributed by atoms with Crippen molar-refractivity contribution in [1.29, 1.82) is 0 Å². The molecule has 140 valence electrons. The van der Waals surface area contributed by atoms with Crippen LogP contribution in [0.4, 0.5) is 10.1 Å². The number of ether oxygens (including phenoxy) is 1. The maximum atomic E-state index is 13.4. The molecule has 0 unspecified atom stereocenters. The van der Waals surface area contributed by atoms with Crippen molar-refractivity contribution in [2.75, 3.05) is 11.4 Å². The standard InChI is InChI=1S/C24H20FNO2/c1-2-26-22-12-5-4-11-20(22)21(24(26)27)15-18-9-3-6-13-23(18)28-16-17-8-7-10-19(25)14-17/h3-15H,2,16H2,1H3/b21-15-.